The highest BCUT2D eigenvalue weighted by molar-refractivity contribution is 7.09. The molecule has 2 atom stereocenters. The number of rotatable bonds is 14. The van der Waals surface area contributed by atoms with Crippen LogP contribution in [-0.4, -0.2) is 67.5 Å². The maximum absolute atomic E-state index is 13.9. The smallest absolute Gasteiger partial charge is 0.254 e. The molecule has 0 radical (unpaired) electrons. The Hall–Kier alpha value is -4.98. The van der Waals surface area contributed by atoms with E-state index in [4.69, 9.17) is 10.2 Å². The molecule has 0 bridgehead atoms. The summed E-state index contributed by atoms with van der Waals surface area (Å²) in [5, 5.41) is 20.4. The number of carbonyl (C=O) groups is 2. The number of nitrogens with two attached hydrogens (primary N) is 1. The molecule has 0 fully saturated rings. The molecule has 12 nitrogen and oxygen atoms in total. The molecule has 0 aliphatic heterocycles. The van der Waals surface area contributed by atoms with Crippen molar-refractivity contribution in [2.75, 3.05) is 19.3 Å². The molecule has 5 aromatic rings. The van der Waals surface area contributed by atoms with Crippen LogP contribution in [0.3, 0.4) is 0 Å². The number of hydrogen-bond donors (Lipinski definition) is 4. The van der Waals surface area contributed by atoms with Gasteiger partial charge in [-0.15, -0.1) is 11.3 Å². The summed E-state index contributed by atoms with van der Waals surface area (Å²) >= 11 is 1.48. The number of aryl methyl sites for hydroxylation is 1. The predicted molar refractivity (Wildman–Crippen MR) is 184 cm³/mol. The molecule has 3 aromatic heterocycles. The number of nitrogens with zero attached hydrogens (tertiary/aromatic N) is 5. The Balaban J connectivity index is 1.36. The molecule has 2 amide bonds. The van der Waals surface area contributed by atoms with E-state index < -0.39 is 18.1 Å². The second-order valence-corrected chi connectivity index (χ2v) is 12.9. The normalized spacial score (nSPS) is 12.5. The minimum atomic E-state index is -0.971. The number of carbonyl (C=O) groups excluding carboxylic acids is 2. The van der Waals surface area contributed by atoms with Crippen LogP contribution in [0.2, 0.25) is 0 Å². The van der Waals surface area contributed by atoms with Gasteiger partial charge in [0, 0.05) is 53.6 Å². The zero-order valence-electron chi connectivity index (χ0n) is 27.4. The fourth-order valence-electron chi connectivity index (χ4n) is 5.16. The second kappa shape index (κ2) is 15.7. The highest BCUT2D eigenvalue weighted by Crippen LogP contribution is 2.23. The first kappa shape index (κ1) is 34.4. The molecule has 2 aromatic carbocycles. The number of aromatic nitrogens is 4. The summed E-state index contributed by atoms with van der Waals surface area (Å²) in [4.78, 5) is 46.3. The SMILES string of the molecule is Cc1csc(CN(C)C(=O)c2cc(C(=O)N[C@@H](Cc3ccccc3)[C@H](O)CNCc3cc(C(C)C)nc(N)n3)cc(-c3ncco3)c2)n1. The molecule has 0 saturated heterocycles. The number of hydrogen-bond acceptors (Lipinski definition) is 11. The van der Waals surface area contributed by atoms with Crippen molar-refractivity contribution in [3.05, 3.63) is 111 Å². The molecule has 0 aliphatic rings. The maximum atomic E-state index is 13.9. The van der Waals surface area contributed by atoms with Crippen molar-refractivity contribution in [2.24, 2.45) is 0 Å². The van der Waals surface area contributed by atoms with Crippen LogP contribution in [-0.2, 0) is 19.5 Å². The van der Waals surface area contributed by atoms with Crippen molar-refractivity contribution >= 4 is 29.1 Å². The predicted octanol–water partition coefficient (Wildman–Crippen LogP) is 4.37. The average Bonchev–Trinajstić information content (AvgIpc) is 3.76. The number of aliphatic hydroxyl groups excluding tert-OH is 1. The van der Waals surface area contributed by atoms with E-state index in [1.165, 1.54) is 23.8 Å². The number of anilines is 1. The van der Waals surface area contributed by atoms with E-state index in [1.54, 1.807) is 30.1 Å². The van der Waals surface area contributed by atoms with Gasteiger partial charge in [-0.2, -0.15) is 0 Å². The molecular formula is C35H40N8O4S. The van der Waals surface area contributed by atoms with Crippen LogP contribution in [0.1, 0.15) is 68.1 Å². The Bertz CT molecular complexity index is 1830. The molecular weight excluding hydrogens is 629 g/mol. The quantitative estimate of drug-likeness (QED) is 0.133. The standard InChI is InChI=1S/C35H40N8O4S/c1-21(2)28-16-27(40-35(36)42-28)17-37-18-30(44)29(12-23-8-6-5-7-9-23)41-32(45)24-13-25(33-38-10-11-47-33)15-26(14-24)34(46)43(4)19-31-39-22(3)20-48-31/h5-11,13-16,20-21,29-30,37,44H,12,17-19H2,1-4H3,(H,41,45)(H2,36,40,42)/t29-,30+/m0/s1. The van der Waals surface area contributed by atoms with Gasteiger partial charge in [-0.3, -0.25) is 9.59 Å². The molecule has 5 rings (SSSR count). The number of oxazole rings is 1. The number of amides is 2. The number of nitrogen functional groups attached to an aromatic ring is 1. The van der Waals surface area contributed by atoms with Crippen molar-refractivity contribution in [3.63, 3.8) is 0 Å². The summed E-state index contributed by atoms with van der Waals surface area (Å²) < 4.78 is 5.51. The van der Waals surface area contributed by atoms with Gasteiger partial charge in [0.15, 0.2) is 0 Å². The minimum absolute atomic E-state index is 0.166. The average molecular weight is 669 g/mol. The lowest BCUT2D eigenvalue weighted by Crippen LogP contribution is -2.48. The third kappa shape index (κ3) is 9.09. The Morgan fingerprint density at radius 3 is 2.52 bits per heavy atom. The molecule has 5 N–H and O–H groups in total. The molecule has 13 heteroatoms. The van der Waals surface area contributed by atoms with Gasteiger partial charge in [-0.25, -0.2) is 19.9 Å². The molecule has 3 heterocycles. The summed E-state index contributed by atoms with van der Waals surface area (Å²) in [6.45, 7) is 6.80. The summed E-state index contributed by atoms with van der Waals surface area (Å²) in [7, 11) is 1.69. The fraction of sp³-hybridized carbons (Fsp3) is 0.314. The van der Waals surface area contributed by atoms with Crippen molar-refractivity contribution in [2.45, 2.75) is 58.3 Å². The number of benzene rings is 2. The van der Waals surface area contributed by atoms with Crippen LogP contribution in [0.15, 0.2) is 76.9 Å². The number of nitrogens with one attached hydrogen (secondary N) is 2. The second-order valence-electron chi connectivity index (χ2n) is 11.9. The first-order chi connectivity index (χ1) is 23.0. The Kier molecular flexibility index (Phi) is 11.3. The molecule has 0 spiro atoms. The zero-order valence-corrected chi connectivity index (χ0v) is 28.2. The number of aliphatic hydroxyl groups is 1. The van der Waals surface area contributed by atoms with Gasteiger partial charge in [0.1, 0.15) is 11.3 Å². The lowest BCUT2D eigenvalue weighted by Gasteiger charge is -2.25. The van der Waals surface area contributed by atoms with Gasteiger partial charge >= 0.3 is 0 Å². The first-order valence-corrected chi connectivity index (χ1v) is 16.5. The molecule has 0 saturated carbocycles. The van der Waals surface area contributed by atoms with Crippen LogP contribution >= 0.6 is 11.3 Å². The highest BCUT2D eigenvalue weighted by atomic mass is 32.1. The lowest BCUT2D eigenvalue weighted by molar-refractivity contribution is 0.0784. The summed E-state index contributed by atoms with van der Waals surface area (Å²) in [5.41, 5.74) is 10.3. The van der Waals surface area contributed by atoms with E-state index in [9.17, 15) is 14.7 Å². The van der Waals surface area contributed by atoms with Gasteiger partial charge in [0.25, 0.3) is 11.8 Å². The van der Waals surface area contributed by atoms with Crippen molar-refractivity contribution in [1.82, 2.24) is 35.5 Å². The zero-order chi connectivity index (χ0) is 34.2. The van der Waals surface area contributed by atoms with Crippen molar-refractivity contribution in [3.8, 4) is 11.5 Å². The van der Waals surface area contributed by atoms with E-state index >= 15 is 0 Å². The number of thiazole rings is 1. The Morgan fingerprint density at radius 1 is 1.06 bits per heavy atom. The van der Waals surface area contributed by atoms with Crippen molar-refractivity contribution in [1.29, 1.82) is 0 Å². The van der Waals surface area contributed by atoms with Crippen LogP contribution in [0, 0.1) is 6.92 Å². The third-order valence-electron chi connectivity index (χ3n) is 7.65. The highest BCUT2D eigenvalue weighted by Gasteiger charge is 2.25. The Morgan fingerprint density at radius 2 is 1.83 bits per heavy atom. The summed E-state index contributed by atoms with van der Waals surface area (Å²) in [5.74, 6) is -0.0946. The van der Waals surface area contributed by atoms with E-state index in [1.807, 2.05) is 62.5 Å². The third-order valence-corrected chi connectivity index (χ3v) is 8.61. The van der Waals surface area contributed by atoms with E-state index in [0.717, 1.165) is 22.0 Å². The van der Waals surface area contributed by atoms with E-state index in [0.29, 0.717) is 36.3 Å². The largest absolute Gasteiger partial charge is 0.445 e. The van der Waals surface area contributed by atoms with Gasteiger partial charge in [-0.05, 0) is 49.1 Å². The monoisotopic (exact) mass is 668 g/mol. The van der Waals surface area contributed by atoms with Gasteiger partial charge in [-0.1, -0.05) is 44.2 Å². The van der Waals surface area contributed by atoms with Crippen LogP contribution in [0.25, 0.3) is 11.5 Å². The molecule has 48 heavy (non-hydrogen) atoms. The fourth-order valence-corrected chi connectivity index (χ4v) is 5.99. The van der Waals surface area contributed by atoms with Crippen molar-refractivity contribution < 1.29 is 19.1 Å². The van der Waals surface area contributed by atoms with E-state index in [-0.39, 0.29) is 35.8 Å². The van der Waals surface area contributed by atoms with Crippen LogP contribution in [0.5, 0.6) is 0 Å². The lowest BCUT2D eigenvalue weighted by atomic mass is 9.99. The maximum Gasteiger partial charge on any atom is 0.254 e. The molecule has 0 aliphatic carbocycles. The van der Waals surface area contributed by atoms with Crippen LogP contribution in [0.4, 0.5) is 5.95 Å². The summed E-state index contributed by atoms with van der Waals surface area (Å²) in [6, 6.07) is 15.6. The molecule has 0 unspecified atom stereocenters. The molecule has 250 valence electrons. The van der Waals surface area contributed by atoms with Crippen LogP contribution < -0.4 is 16.4 Å². The van der Waals surface area contributed by atoms with Gasteiger partial charge in [0.2, 0.25) is 11.8 Å². The Labute approximate surface area is 283 Å². The topological polar surface area (TPSA) is 172 Å². The first-order valence-electron chi connectivity index (χ1n) is 15.6. The van der Waals surface area contributed by atoms with E-state index in [2.05, 4.69) is 30.6 Å². The van der Waals surface area contributed by atoms with Gasteiger partial charge < -0.3 is 30.8 Å². The summed E-state index contributed by atoms with van der Waals surface area (Å²) in [6.07, 6.45) is 2.33. The van der Waals surface area contributed by atoms with Gasteiger partial charge in [0.05, 0.1) is 30.6 Å². The minimum Gasteiger partial charge on any atom is -0.445 e.